The fraction of sp³-hybridized carbons (Fsp3) is 0.714. The number of hydrogen-bond acceptors (Lipinski definition) is 5. The fourth-order valence-electron chi connectivity index (χ4n) is 2.24. The second-order valence-corrected chi connectivity index (χ2v) is 7.07. The van der Waals surface area contributed by atoms with E-state index < -0.39 is 0 Å². The van der Waals surface area contributed by atoms with Crippen LogP contribution < -0.4 is 4.90 Å². The molecule has 0 spiro atoms. The van der Waals surface area contributed by atoms with Crippen molar-refractivity contribution in [2.45, 2.75) is 45.6 Å². The maximum Gasteiger partial charge on any atom is 0.186 e. The molecule has 0 N–H and O–H groups in total. The highest BCUT2D eigenvalue weighted by Gasteiger charge is 2.26. The van der Waals surface area contributed by atoms with E-state index in [1.165, 1.54) is 11.3 Å². The van der Waals surface area contributed by atoms with Gasteiger partial charge in [0.1, 0.15) is 0 Å². The van der Waals surface area contributed by atoms with E-state index in [0.29, 0.717) is 0 Å². The molecule has 106 valence electrons. The van der Waals surface area contributed by atoms with Crippen LogP contribution in [0.25, 0.3) is 0 Å². The Morgan fingerprint density at radius 3 is 2.79 bits per heavy atom. The summed E-state index contributed by atoms with van der Waals surface area (Å²) in [5.74, 6) is 0. The molecule has 1 aliphatic heterocycles. The molecule has 1 aliphatic rings. The second kappa shape index (κ2) is 5.59. The summed E-state index contributed by atoms with van der Waals surface area (Å²) in [6, 6.07) is 0. The summed E-state index contributed by atoms with van der Waals surface area (Å²) in [6.45, 7) is 10.9. The lowest BCUT2D eigenvalue weighted by atomic mass is 9.91. The summed E-state index contributed by atoms with van der Waals surface area (Å²) in [7, 11) is 0. The number of thiazole rings is 1. The molecule has 0 bridgehead atoms. The minimum absolute atomic E-state index is 0.0983. The van der Waals surface area contributed by atoms with Crippen LogP contribution in [-0.2, 0) is 10.2 Å². The van der Waals surface area contributed by atoms with Crippen LogP contribution in [0.3, 0.4) is 0 Å². The Morgan fingerprint density at radius 1 is 1.47 bits per heavy atom. The Hall–Kier alpha value is -0.940. The summed E-state index contributed by atoms with van der Waals surface area (Å²) >= 11 is 1.50. The fourth-order valence-corrected chi connectivity index (χ4v) is 3.37. The van der Waals surface area contributed by atoms with Crippen LogP contribution in [0.4, 0.5) is 5.13 Å². The van der Waals surface area contributed by atoms with Crippen LogP contribution in [0.2, 0.25) is 0 Å². The van der Waals surface area contributed by atoms with E-state index in [0.717, 1.165) is 48.1 Å². The SMILES string of the molecule is CC1CN(c2nc(C(C)(C)C)c(C=O)s2)CCCO1. The largest absolute Gasteiger partial charge is 0.377 e. The molecule has 1 aromatic rings. The van der Waals surface area contributed by atoms with Gasteiger partial charge >= 0.3 is 0 Å². The van der Waals surface area contributed by atoms with E-state index in [9.17, 15) is 4.79 Å². The van der Waals surface area contributed by atoms with E-state index in [1.54, 1.807) is 0 Å². The van der Waals surface area contributed by atoms with Crippen LogP contribution in [-0.4, -0.2) is 37.1 Å². The van der Waals surface area contributed by atoms with Gasteiger partial charge in [-0.1, -0.05) is 32.1 Å². The topological polar surface area (TPSA) is 42.4 Å². The van der Waals surface area contributed by atoms with E-state index in [1.807, 2.05) is 0 Å². The number of hydrogen-bond donors (Lipinski definition) is 0. The summed E-state index contributed by atoms with van der Waals surface area (Å²) in [5.41, 5.74) is 0.805. The van der Waals surface area contributed by atoms with Crippen LogP contribution >= 0.6 is 11.3 Å². The third kappa shape index (κ3) is 3.34. The maximum absolute atomic E-state index is 11.2. The lowest BCUT2D eigenvalue weighted by Crippen LogP contribution is -2.30. The molecule has 19 heavy (non-hydrogen) atoms. The van der Waals surface area contributed by atoms with Gasteiger partial charge in [0, 0.05) is 25.1 Å². The zero-order chi connectivity index (χ0) is 14.0. The third-order valence-electron chi connectivity index (χ3n) is 3.18. The van der Waals surface area contributed by atoms with Gasteiger partial charge in [0.2, 0.25) is 0 Å². The van der Waals surface area contributed by atoms with Crippen molar-refractivity contribution >= 4 is 22.8 Å². The molecule has 1 fully saturated rings. The molecule has 1 aromatic heterocycles. The normalized spacial score (nSPS) is 21.3. The molecule has 0 amide bonds. The first-order chi connectivity index (χ1) is 8.91. The Labute approximate surface area is 118 Å². The van der Waals surface area contributed by atoms with Crippen molar-refractivity contribution in [1.29, 1.82) is 0 Å². The van der Waals surface area contributed by atoms with Gasteiger partial charge in [0.05, 0.1) is 16.7 Å². The minimum atomic E-state index is -0.0983. The Bertz CT molecular complexity index is 451. The first-order valence-corrected chi connectivity index (χ1v) is 7.56. The first kappa shape index (κ1) is 14.5. The van der Waals surface area contributed by atoms with E-state index in [-0.39, 0.29) is 11.5 Å². The predicted octanol–water partition coefficient (Wildman–Crippen LogP) is 2.87. The number of nitrogens with zero attached hydrogens (tertiary/aromatic N) is 2. The highest BCUT2D eigenvalue weighted by Crippen LogP contribution is 2.33. The van der Waals surface area contributed by atoms with Gasteiger partial charge in [-0.05, 0) is 13.3 Å². The number of aromatic nitrogens is 1. The molecule has 0 aromatic carbocycles. The number of carbonyl (C=O) groups excluding carboxylic acids is 1. The van der Waals surface area contributed by atoms with Gasteiger partial charge in [-0.2, -0.15) is 0 Å². The van der Waals surface area contributed by atoms with Crippen LogP contribution in [0, 0.1) is 0 Å². The van der Waals surface area contributed by atoms with Crippen molar-refractivity contribution < 1.29 is 9.53 Å². The van der Waals surface area contributed by atoms with E-state index in [4.69, 9.17) is 9.72 Å². The average Bonchev–Trinajstić information content (AvgIpc) is 2.66. The van der Waals surface area contributed by atoms with Crippen molar-refractivity contribution in [3.05, 3.63) is 10.6 Å². The lowest BCUT2D eigenvalue weighted by Gasteiger charge is -2.21. The molecule has 2 rings (SSSR count). The Kier molecular flexibility index (Phi) is 4.26. The summed E-state index contributed by atoms with van der Waals surface area (Å²) in [6.07, 6.45) is 2.15. The highest BCUT2D eigenvalue weighted by atomic mass is 32.1. The molecule has 0 aliphatic carbocycles. The second-order valence-electron chi connectivity index (χ2n) is 6.06. The van der Waals surface area contributed by atoms with Crippen molar-refractivity contribution in [3.8, 4) is 0 Å². The van der Waals surface area contributed by atoms with E-state index >= 15 is 0 Å². The minimum Gasteiger partial charge on any atom is -0.377 e. The smallest absolute Gasteiger partial charge is 0.186 e. The maximum atomic E-state index is 11.2. The quantitative estimate of drug-likeness (QED) is 0.782. The van der Waals surface area contributed by atoms with Gasteiger partial charge in [0.15, 0.2) is 11.4 Å². The molecule has 1 unspecified atom stereocenters. The van der Waals surface area contributed by atoms with Crippen molar-refractivity contribution in [1.82, 2.24) is 4.98 Å². The van der Waals surface area contributed by atoms with Crippen molar-refractivity contribution in [3.63, 3.8) is 0 Å². The van der Waals surface area contributed by atoms with Gasteiger partial charge in [-0.25, -0.2) is 4.98 Å². The molecule has 1 saturated heterocycles. The number of carbonyl (C=O) groups is 1. The summed E-state index contributed by atoms with van der Waals surface area (Å²) < 4.78 is 5.65. The van der Waals surface area contributed by atoms with Crippen molar-refractivity contribution in [2.24, 2.45) is 0 Å². The van der Waals surface area contributed by atoms with E-state index in [2.05, 4.69) is 32.6 Å². The molecular weight excluding hydrogens is 260 g/mol. The number of anilines is 1. The zero-order valence-electron chi connectivity index (χ0n) is 12.1. The lowest BCUT2D eigenvalue weighted by molar-refractivity contribution is 0.0821. The molecule has 2 heterocycles. The Morgan fingerprint density at radius 2 is 2.21 bits per heavy atom. The summed E-state index contributed by atoms with van der Waals surface area (Å²) in [4.78, 5) is 18.9. The van der Waals surface area contributed by atoms with Crippen molar-refractivity contribution in [2.75, 3.05) is 24.6 Å². The number of ether oxygens (including phenoxy) is 1. The monoisotopic (exact) mass is 282 g/mol. The molecule has 0 saturated carbocycles. The van der Waals surface area contributed by atoms with Crippen LogP contribution in [0.1, 0.15) is 49.5 Å². The van der Waals surface area contributed by atoms with Crippen LogP contribution in [0.15, 0.2) is 0 Å². The average molecular weight is 282 g/mol. The van der Waals surface area contributed by atoms with Crippen LogP contribution in [0.5, 0.6) is 0 Å². The number of aldehydes is 1. The van der Waals surface area contributed by atoms with Gasteiger partial charge in [0.25, 0.3) is 0 Å². The Balaban J connectivity index is 2.29. The third-order valence-corrected chi connectivity index (χ3v) is 4.22. The van der Waals surface area contributed by atoms with Gasteiger partial charge in [-0.15, -0.1) is 0 Å². The van der Waals surface area contributed by atoms with Gasteiger partial charge in [-0.3, -0.25) is 4.79 Å². The van der Waals surface area contributed by atoms with Gasteiger partial charge < -0.3 is 9.64 Å². The summed E-state index contributed by atoms with van der Waals surface area (Å²) in [5, 5.41) is 0.948. The standard InChI is InChI=1S/C14H22N2O2S/c1-10-8-16(6-5-7-18-10)13-15-12(14(2,3)4)11(9-17)19-13/h9-10H,5-8H2,1-4H3. The zero-order valence-corrected chi connectivity index (χ0v) is 12.9. The highest BCUT2D eigenvalue weighted by molar-refractivity contribution is 7.17. The molecular formula is C14H22N2O2S. The predicted molar refractivity (Wildman–Crippen MR) is 78.4 cm³/mol. The molecule has 1 atom stereocenters. The first-order valence-electron chi connectivity index (χ1n) is 6.75. The number of rotatable bonds is 2. The molecule has 4 nitrogen and oxygen atoms in total. The molecule has 0 radical (unpaired) electrons. The molecule has 5 heteroatoms.